The molecule has 6 nitrogen and oxygen atoms in total. The Balaban J connectivity index is 2.10. The van der Waals surface area contributed by atoms with Crippen molar-refractivity contribution in [3.8, 4) is 0 Å². The molecule has 1 heterocycles. The van der Waals surface area contributed by atoms with Crippen LogP contribution in [0.3, 0.4) is 0 Å². The monoisotopic (exact) mass is 366 g/mol. The summed E-state index contributed by atoms with van der Waals surface area (Å²) >= 11 is 11.6. The van der Waals surface area contributed by atoms with Crippen LogP contribution in [0.2, 0.25) is 10.0 Å². The second-order valence-electron chi connectivity index (χ2n) is 4.86. The van der Waals surface area contributed by atoms with E-state index in [1.807, 2.05) is 0 Å². The molecule has 9 heteroatoms. The molecule has 1 aliphatic rings. The zero-order valence-corrected chi connectivity index (χ0v) is 14.2. The van der Waals surface area contributed by atoms with Gasteiger partial charge in [0.1, 0.15) is 0 Å². The van der Waals surface area contributed by atoms with Crippen LogP contribution in [0.15, 0.2) is 23.1 Å². The number of halogens is 2. The highest BCUT2D eigenvalue weighted by atomic mass is 35.5. The fraction of sp³-hybridized carbons (Fsp3) is 0.462. The van der Waals surface area contributed by atoms with Crippen LogP contribution >= 0.6 is 23.2 Å². The summed E-state index contributed by atoms with van der Waals surface area (Å²) in [7, 11) is -3.85. The zero-order chi connectivity index (χ0) is 16.3. The zero-order valence-electron chi connectivity index (χ0n) is 11.9. The minimum atomic E-state index is -3.85. The number of hydrogen-bond acceptors (Lipinski definition) is 4. The summed E-state index contributed by atoms with van der Waals surface area (Å²) in [5.74, 6) is -0.285. The van der Waals surface area contributed by atoms with Gasteiger partial charge in [0.25, 0.3) is 0 Å². The Morgan fingerprint density at radius 2 is 1.91 bits per heavy atom. The van der Waals surface area contributed by atoms with E-state index in [1.165, 1.54) is 25.1 Å². The van der Waals surface area contributed by atoms with E-state index in [1.54, 1.807) is 4.90 Å². The van der Waals surface area contributed by atoms with Gasteiger partial charge in [0, 0.05) is 13.1 Å². The molecule has 1 amide bonds. The van der Waals surface area contributed by atoms with Crippen molar-refractivity contribution in [3.05, 3.63) is 28.2 Å². The van der Waals surface area contributed by atoms with Crippen LogP contribution in [-0.4, -0.2) is 51.6 Å². The SMILES string of the molecule is C[C@H](NS(=O)(=O)c1ccc(Cl)c(Cl)c1)C(=O)N1CCOCC1. The molecule has 2 rings (SSSR count). The molecule has 1 aromatic carbocycles. The highest BCUT2D eigenvalue weighted by Gasteiger charge is 2.27. The molecule has 122 valence electrons. The van der Waals surface area contributed by atoms with Gasteiger partial charge in [0.15, 0.2) is 0 Å². The lowest BCUT2D eigenvalue weighted by molar-refractivity contribution is -0.136. The summed E-state index contributed by atoms with van der Waals surface area (Å²) in [4.78, 5) is 13.8. The normalized spacial score (nSPS) is 17.3. The van der Waals surface area contributed by atoms with E-state index in [0.29, 0.717) is 26.3 Å². The van der Waals surface area contributed by atoms with Crippen LogP contribution in [0.5, 0.6) is 0 Å². The van der Waals surface area contributed by atoms with Crippen LogP contribution in [0, 0.1) is 0 Å². The van der Waals surface area contributed by atoms with Crippen LogP contribution < -0.4 is 4.72 Å². The Morgan fingerprint density at radius 3 is 2.50 bits per heavy atom. The summed E-state index contributed by atoms with van der Waals surface area (Å²) in [6, 6.07) is 3.10. The van der Waals surface area contributed by atoms with Gasteiger partial charge in [-0.1, -0.05) is 23.2 Å². The number of carbonyl (C=O) groups is 1. The molecule has 1 saturated heterocycles. The molecular weight excluding hydrogens is 351 g/mol. The number of carbonyl (C=O) groups excluding carboxylic acids is 1. The first-order valence-electron chi connectivity index (χ1n) is 6.65. The van der Waals surface area contributed by atoms with Crippen LogP contribution in [0.25, 0.3) is 0 Å². The number of sulfonamides is 1. The van der Waals surface area contributed by atoms with E-state index in [-0.39, 0.29) is 20.8 Å². The van der Waals surface area contributed by atoms with Crippen molar-refractivity contribution < 1.29 is 17.9 Å². The molecule has 0 aliphatic carbocycles. The van der Waals surface area contributed by atoms with Gasteiger partial charge >= 0.3 is 0 Å². The summed E-state index contributed by atoms with van der Waals surface area (Å²) in [6.07, 6.45) is 0. The number of nitrogens with one attached hydrogen (secondary N) is 1. The Morgan fingerprint density at radius 1 is 1.27 bits per heavy atom. The second kappa shape index (κ2) is 7.14. The van der Waals surface area contributed by atoms with Crippen molar-refractivity contribution in [2.24, 2.45) is 0 Å². The van der Waals surface area contributed by atoms with Gasteiger partial charge in [-0.2, -0.15) is 4.72 Å². The van der Waals surface area contributed by atoms with Gasteiger partial charge in [-0.15, -0.1) is 0 Å². The summed E-state index contributed by atoms with van der Waals surface area (Å²) in [5, 5.41) is 0.398. The molecule has 0 radical (unpaired) electrons. The van der Waals surface area contributed by atoms with E-state index >= 15 is 0 Å². The van der Waals surface area contributed by atoms with Gasteiger partial charge in [-0.25, -0.2) is 8.42 Å². The van der Waals surface area contributed by atoms with Gasteiger partial charge in [0.2, 0.25) is 15.9 Å². The maximum atomic E-state index is 12.3. The predicted octanol–water partition coefficient (Wildman–Crippen LogP) is 1.52. The molecule has 0 aromatic heterocycles. The standard InChI is InChI=1S/C13H16Cl2N2O4S/c1-9(13(18)17-4-6-21-7-5-17)16-22(19,20)10-2-3-11(14)12(15)8-10/h2-3,8-9,16H,4-7H2,1H3/t9-/m0/s1. The molecular formula is C13H16Cl2N2O4S. The molecule has 0 saturated carbocycles. The molecule has 0 unspecified atom stereocenters. The van der Waals surface area contributed by atoms with Gasteiger partial charge in [-0.3, -0.25) is 4.79 Å². The lowest BCUT2D eigenvalue weighted by Gasteiger charge is -2.29. The first-order valence-corrected chi connectivity index (χ1v) is 8.89. The number of amides is 1. The van der Waals surface area contributed by atoms with Gasteiger partial charge in [-0.05, 0) is 25.1 Å². The second-order valence-corrected chi connectivity index (χ2v) is 7.38. The van der Waals surface area contributed by atoms with E-state index < -0.39 is 16.1 Å². The Hall–Kier alpha value is -0.860. The quantitative estimate of drug-likeness (QED) is 0.876. The van der Waals surface area contributed by atoms with Gasteiger partial charge in [0.05, 0.1) is 34.2 Å². The largest absolute Gasteiger partial charge is 0.378 e. The fourth-order valence-electron chi connectivity index (χ4n) is 2.05. The number of rotatable bonds is 4. The summed E-state index contributed by atoms with van der Waals surface area (Å²) in [6.45, 7) is 3.33. The summed E-state index contributed by atoms with van der Waals surface area (Å²) in [5.41, 5.74) is 0. The third kappa shape index (κ3) is 4.11. The first-order chi connectivity index (χ1) is 10.3. The van der Waals surface area contributed by atoms with Crippen molar-refractivity contribution in [1.82, 2.24) is 9.62 Å². The van der Waals surface area contributed by atoms with E-state index in [2.05, 4.69) is 4.72 Å². The maximum Gasteiger partial charge on any atom is 0.241 e. The van der Waals surface area contributed by atoms with E-state index in [4.69, 9.17) is 27.9 Å². The summed E-state index contributed by atoms with van der Waals surface area (Å²) < 4.78 is 32.1. The third-order valence-corrected chi connectivity index (χ3v) is 5.50. The Kier molecular flexibility index (Phi) is 5.68. The van der Waals surface area contributed by atoms with Crippen LogP contribution in [0.1, 0.15) is 6.92 Å². The highest BCUT2D eigenvalue weighted by molar-refractivity contribution is 7.89. The minimum absolute atomic E-state index is 0.0384. The number of morpholine rings is 1. The number of hydrogen-bond donors (Lipinski definition) is 1. The number of nitrogens with zero attached hydrogens (tertiary/aromatic N) is 1. The van der Waals surface area contributed by atoms with Crippen LogP contribution in [0.4, 0.5) is 0 Å². The van der Waals surface area contributed by atoms with E-state index in [9.17, 15) is 13.2 Å². The molecule has 0 spiro atoms. The molecule has 1 fully saturated rings. The fourth-order valence-corrected chi connectivity index (χ4v) is 3.64. The predicted molar refractivity (Wildman–Crippen MR) is 83.6 cm³/mol. The maximum absolute atomic E-state index is 12.3. The Labute approximate surface area is 139 Å². The Bertz CT molecular complexity index is 660. The first kappa shape index (κ1) is 17.5. The van der Waals surface area contributed by atoms with Gasteiger partial charge < -0.3 is 9.64 Å². The molecule has 1 aliphatic heterocycles. The number of benzene rings is 1. The van der Waals surface area contributed by atoms with Crippen molar-refractivity contribution in [3.63, 3.8) is 0 Å². The molecule has 1 atom stereocenters. The third-order valence-electron chi connectivity index (χ3n) is 3.23. The smallest absolute Gasteiger partial charge is 0.241 e. The highest BCUT2D eigenvalue weighted by Crippen LogP contribution is 2.24. The van der Waals surface area contributed by atoms with Crippen LogP contribution in [-0.2, 0) is 19.6 Å². The van der Waals surface area contributed by atoms with Crippen molar-refractivity contribution >= 4 is 39.1 Å². The lowest BCUT2D eigenvalue weighted by atomic mass is 10.3. The molecule has 0 bridgehead atoms. The van der Waals surface area contributed by atoms with Crippen molar-refractivity contribution in [2.75, 3.05) is 26.3 Å². The molecule has 1 aromatic rings. The molecule has 1 N–H and O–H groups in total. The average Bonchev–Trinajstić information content (AvgIpc) is 2.49. The average molecular weight is 367 g/mol. The van der Waals surface area contributed by atoms with Crippen molar-refractivity contribution in [1.29, 1.82) is 0 Å². The minimum Gasteiger partial charge on any atom is -0.378 e. The molecule has 22 heavy (non-hydrogen) atoms. The van der Waals surface area contributed by atoms with Crippen molar-refractivity contribution in [2.45, 2.75) is 17.9 Å². The topological polar surface area (TPSA) is 75.7 Å². The number of ether oxygens (including phenoxy) is 1. The van der Waals surface area contributed by atoms with E-state index in [0.717, 1.165) is 0 Å². The lowest BCUT2D eigenvalue weighted by Crippen LogP contribution is -2.50.